The Morgan fingerprint density at radius 3 is 2.25 bits per heavy atom. The topological polar surface area (TPSA) is 77.5 Å². The normalized spacial score (nSPS) is 11.1. The van der Waals surface area contributed by atoms with Crippen molar-refractivity contribution in [1.82, 2.24) is 0 Å². The molecule has 7 heteroatoms. The number of rotatable bonds is 4. The van der Waals surface area contributed by atoms with Gasteiger partial charge in [0.15, 0.2) is 0 Å². The number of carbonyl (C=O) groups excluding carboxylic acids is 1. The van der Waals surface area contributed by atoms with Gasteiger partial charge in [0.1, 0.15) is 5.82 Å². The number of carboxylic acids is 1. The van der Waals surface area contributed by atoms with Gasteiger partial charge in [0.25, 0.3) is 0 Å². The molecule has 16 heavy (non-hydrogen) atoms. The third-order valence-electron chi connectivity index (χ3n) is 1.79. The first kappa shape index (κ1) is 12.4. The predicted molar refractivity (Wildman–Crippen MR) is 53.6 cm³/mol. The molecule has 1 aromatic carbocycles. The number of nitrogens with zero attached hydrogens (tertiary/aromatic N) is 1. The quantitative estimate of drug-likeness (QED) is 0.706. The van der Waals surface area contributed by atoms with Crippen molar-refractivity contribution in [3.05, 3.63) is 30.1 Å². The average molecular weight is 246 g/mol. The number of carboxylic acid groups (broad SMARTS) is 1. The summed E-state index contributed by atoms with van der Waals surface area (Å²) in [6.07, 6.45) is 0.860. The van der Waals surface area contributed by atoms with Crippen molar-refractivity contribution in [2.24, 2.45) is 0 Å². The summed E-state index contributed by atoms with van der Waals surface area (Å²) in [5.74, 6) is -2.07. The Labute approximate surface area is 92.2 Å². The number of hydrogen-bond acceptors (Lipinski definition) is 4. The van der Waals surface area contributed by atoms with Gasteiger partial charge in [-0.15, -0.1) is 0 Å². The zero-order valence-electron chi connectivity index (χ0n) is 8.38. The van der Waals surface area contributed by atoms with E-state index in [1.54, 1.807) is 0 Å². The molecule has 0 heterocycles. The molecule has 0 atom stereocenters. The highest BCUT2D eigenvalue weighted by atomic mass is 32.2. The van der Waals surface area contributed by atoms with Gasteiger partial charge in [-0.25, -0.2) is 12.8 Å². The van der Waals surface area contributed by atoms with Crippen LogP contribution in [0.15, 0.2) is 24.3 Å². The van der Waals surface area contributed by atoms with Gasteiger partial charge in [0.05, 0.1) is 24.5 Å². The van der Waals surface area contributed by atoms with E-state index < -0.39 is 28.4 Å². The molecule has 0 unspecified atom stereocenters. The van der Waals surface area contributed by atoms with E-state index in [0.717, 1.165) is 18.4 Å². The lowest BCUT2D eigenvalue weighted by Crippen LogP contribution is -2.41. The second-order valence-electron chi connectivity index (χ2n) is 3.12. The zero-order chi connectivity index (χ0) is 12.3. The van der Waals surface area contributed by atoms with Crippen molar-refractivity contribution in [3.8, 4) is 0 Å². The summed E-state index contributed by atoms with van der Waals surface area (Å²) in [5, 5.41) is 10.4. The molecule has 0 saturated heterocycles. The minimum atomic E-state index is -3.74. The van der Waals surface area contributed by atoms with Crippen LogP contribution in [-0.2, 0) is 14.8 Å². The van der Waals surface area contributed by atoms with Crippen molar-refractivity contribution < 1.29 is 22.7 Å². The number of carbonyl (C=O) groups is 1. The molecule has 1 aromatic rings. The highest BCUT2D eigenvalue weighted by Gasteiger charge is 2.17. The van der Waals surface area contributed by atoms with Gasteiger partial charge in [-0.2, -0.15) is 0 Å². The third kappa shape index (κ3) is 3.20. The Hall–Kier alpha value is -1.63. The summed E-state index contributed by atoms with van der Waals surface area (Å²) < 4.78 is 35.8. The van der Waals surface area contributed by atoms with E-state index in [-0.39, 0.29) is 5.69 Å². The van der Waals surface area contributed by atoms with Crippen molar-refractivity contribution in [1.29, 1.82) is 0 Å². The Balaban J connectivity index is 3.11. The fraction of sp³-hybridized carbons (Fsp3) is 0.222. The van der Waals surface area contributed by atoms with Crippen LogP contribution in [0.5, 0.6) is 0 Å². The van der Waals surface area contributed by atoms with Gasteiger partial charge in [-0.1, -0.05) is 0 Å². The summed E-state index contributed by atoms with van der Waals surface area (Å²) in [6.45, 7) is -0.801. The smallest absolute Gasteiger partial charge is 0.232 e. The van der Waals surface area contributed by atoms with Crippen LogP contribution in [0, 0.1) is 5.82 Å². The molecule has 0 aliphatic heterocycles. The van der Waals surface area contributed by atoms with Gasteiger partial charge in [0.2, 0.25) is 10.0 Å². The second-order valence-corrected chi connectivity index (χ2v) is 5.02. The first-order valence-corrected chi connectivity index (χ1v) is 6.08. The van der Waals surface area contributed by atoms with Crippen molar-refractivity contribution in [2.75, 3.05) is 17.1 Å². The van der Waals surface area contributed by atoms with Gasteiger partial charge in [-0.05, 0) is 24.3 Å². The zero-order valence-corrected chi connectivity index (χ0v) is 9.20. The Morgan fingerprint density at radius 2 is 1.88 bits per heavy atom. The molecular weight excluding hydrogens is 237 g/mol. The van der Waals surface area contributed by atoms with Crippen LogP contribution in [0.2, 0.25) is 0 Å². The molecule has 0 spiro atoms. The maximum Gasteiger partial charge on any atom is 0.232 e. The lowest BCUT2D eigenvalue weighted by molar-refractivity contribution is -0.303. The molecule has 0 bridgehead atoms. The Morgan fingerprint density at radius 1 is 1.38 bits per heavy atom. The van der Waals surface area contributed by atoms with Gasteiger partial charge < -0.3 is 9.90 Å². The van der Waals surface area contributed by atoms with Crippen LogP contribution in [0.4, 0.5) is 10.1 Å². The highest BCUT2D eigenvalue weighted by molar-refractivity contribution is 7.92. The fourth-order valence-corrected chi connectivity index (χ4v) is 1.97. The van der Waals surface area contributed by atoms with Crippen molar-refractivity contribution in [3.63, 3.8) is 0 Å². The molecule has 0 saturated carbocycles. The maximum absolute atomic E-state index is 12.6. The number of sulfonamides is 1. The summed E-state index contributed by atoms with van der Waals surface area (Å²) in [5.41, 5.74) is 0.0769. The number of benzene rings is 1. The van der Waals surface area contributed by atoms with Crippen LogP contribution in [0.3, 0.4) is 0 Å². The minimum absolute atomic E-state index is 0.0769. The van der Waals surface area contributed by atoms with Gasteiger partial charge >= 0.3 is 0 Å². The molecule has 0 fully saturated rings. The summed E-state index contributed by atoms with van der Waals surface area (Å²) in [6, 6.07) is 4.45. The SMILES string of the molecule is CS(=O)(=O)N(CC(=O)[O-])c1ccc(F)cc1. The molecule has 88 valence electrons. The second kappa shape index (κ2) is 4.48. The Bertz CT molecular complexity index is 483. The largest absolute Gasteiger partial charge is 0.548 e. The lowest BCUT2D eigenvalue weighted by atomic mass is 10.3. The molecule has 0 aliphatic carbocycles. The van der Waals surface area contributed by atoms with Gasteiger partial charge in [-0.3, -0.25) is 4.31 Å². The van der Waals surface area contributed by atoms with Crippen LogP contribution >= 0.6 is 0 Å². The molecule has 0 N–H and O–H groups in total. The van der Waals surface area contributed by atoms with Gasteiger partial charge in [0, 0.05) is 0 Å². The van der Waals surface area contributed by atoms with Crippen LogP contribution in [-0.4, -0.2) is 27.2 Å². The van der Waals surface area contributed by atoms with Crippen LogP contribution < -0.4 is 9.41 Å². The highest BCUT2D eigenvalue weighted by Crippen LogP contribution is 2.17. The van der Waals surface area contributed by atoms with Crippen LogP contribution in [0.1, 0.15) is 0 Å². The van der Waals surface area contributed by atoms with E-state index in [9.17, 15) is 22.7 Å². The Kier molecular flexibility index (Phi) is 3.48. The molecule has 0 aromatic heterocycles. The number of aliphatic carboxylic acids is 1. The standard InChI is InChI=1S/C9H10FNO4S/c1-16(14,15)11(6-9(12)13)8-4-2-7(10)3-5-8/h2-5H,6H2,1H3,(H,12,13)/p-1. The number of halogens is 1. The fourth-order valence-electron chi connectivity index (χ4n) is 1.12. The van der Waals surface area contributed by atoms with Crippen molar-refractivity contribution in [2.45, 2.75) is 0 Å². The summed E-state index contributed by atoms with van der Waals surface area (Å²) in [7, 11) is -3.74. The molecule has 0 amide bonds. The van der Waals surface area contributed by atoms with E-state index in [0.29, 0.717) is 4.31 Å². The first-order valence-electron chi connectivity index (χ1n) is 4.24. The average Bonchev–Trinajstić information content (AvgIpc) is 2.14. The van der Waals surface area contributed by atoms with E-state index in [2.05, 4.69) is 0 Å². The van der Waals surface area contributed by atoms with Crippen molar-refractivity contribution >= 4 is 21.7 Å². The van der Waals surface area contributed by atoms with E-state index in [4.69, 9.17) is 0 Å². The predicted octanol–water partition coefficient (Wildman–Crippen LogP) is -0.658. The molecular formula is C9H9FNO4S-. The number of anilines is 1. The number of hydrogen-bond donors (Lipinski definition) is 0. The molecule has 0 aliphatic rings. The van der Waals surface area contributed by atoms with E-state index >= 15 is 0 Å². The monoisotopic (exact) mass is 246 g/mol. The first-order chi connectivity index (χ1) is 7.30. The molecule has 0 radical (unpaired) electrons. The third-order valence-corrected chi connectivity index (χ3v) is 2.93. The lowest BCUT2D eigenvalue weighted by Gasteiger charge is -2.22. The summed E-state index contributed by atoms with van der Waals surface area (Å²) >= 11 is 0. The van der Waals surface area contributed by atoms with Crippen LogP contribution in [0.25, 0.3) is 0 Å². The van der Waals surface area contributed by atoms with E-state index in [1.165, 1.54) is 12.1 Å². The summed E-state index contributed by atoms with van der Waals surface area (Å²) in [4.78, 5) is 10.4. The maximum atomic E-state index is 12.6. The molecule has 5 nitrogen and oxygen atoms in total. The van der Waals surface area contributed by atoms with E-state index in [1.807, 2.05) is 0 Å². The minimum Gasteiger partial charge on any atom is -0.548 e. The molecule has 1 rings (SSSR count).